The summed E-state index contributed by atoms with van der Waals surface area (Å²) in [6.45, 7) is 0.862. The third-order valence-electron chi connectivity index (χ3n) is 7.13. The molecule has 2 aliphatic rings. The molecule has 2 heterocycles. The Labute approximate surface area is 243 Å². The first-order valence-corrected chi connectivity index (χ1v) is 13.9. The van der Waals surface area contributed by atoms with Crippen LogP contribution in [0, 0.1) is 5.82 Å². The number of rotatable bonds is 7. The van der Waals surface area contributed by atoms with E-state index in [1.807, 2.05) is 0 Å². The average Bonchev–Trinajstić information content (AvgIpc) is 3.41. The van der Waals surface area contributed by atoms with Crippen LogP contribution in [0.5, 0.6) is 5.75 Å². The lowest BCUT2D eigenvalue weighted by Gasteiger charge is -2.30. The van der Waals surface area contributed by atoms with Gasteiger partial charge in [-0.2, -0.15) is 0 Å². The van der Waals surface area contributed by atoms with Crippen molar-refractivity contribution in [2.75, 3.05) is 59.2 Å². The third kappa shape index (κ3) is 8.47. The van der Waals surface area contributed by atoms with Crippen molar-refractivity contribution in [1.82, 2.24) is 25.8 Å². The first-order valence-electron chi connectivity index (χ1n) is 13.9. The Hall–Kier alpha value is -4.07. The summed E-state index contributed by atoms with van der Waals surface area (Å²) in [5, 5.41) is 18.9. The van der Waals surface area contributed by atoms with Gasteiger partial charge in [0.25, 0.3) is 5.91 Å². The van der Waals surface area contributed by atoms with Gasteiger partial charge in [-0.3, -0.25) is 19.2 Å². The highest BCUT2D eigenvalue weighted by Crippen LogP contribution is 2.22. The largest absolute Gasteiger partial charge is 0.508 e. The summed E-state index contributed by atoms with van der Waals surface area (Å²) in [6.07, 6.45) is 0.485. The number of phenolic OH excluding ortho intramolecular Hbond substituents is 1. The molecular weight excluding hydrogens is 549 g/mol. The molecule has 0 bridgehead atoms. The van der Waals surface area contributed by atoms with Crippen LogP contribution in [0.25, 0.3) is 0 Å². The van der Waals surface area contributed by atoms with Crippen molar-refractivity contribution in [2.24, 2.45) is 0 Å². The lowest BCUT2D eigenvalue weighted by molar-refractivity contribution is -0.145. The van der Waals surface area contributed by atoms with E-state index >= 15 is 0 Å². The number of fused-ring (bicyclic) bond motifs is 1. The standard InChI is InChI=1S/C29H36FN5O7/c30-22-7-5-20(6-8-22)28(39)31-10-13-34-18-25(37)35-12-9-23(33-17-21-3-1-2-4-24(21)36)27(35)29(40)32-11-14-41-15-16-42-19-26(34)38/h1-8,23,27,33,36H,9-19H2,(H,31,39)(H,32,40)/t23-,27+/m1/s1. The normalized spacial score (nSPS) is 20.8. The maximum Gasteiger partial charge on any atom is 0.251 e. The van der Waals surface area contributed by atoms with E-state index in [0.717, 1.165) is 0 Å². The number of hydrogen-bond acceptors (Lipinski definition) is 8. The van der Waals surface area contributed by atoms with E-state index in [9.17, 15) is 28.7 Å². The van der Waals surface area contributed by atoms with Crippen LogP contribution in [0.2, 0.25) is 0 Å². The Balaban J connectivity index is 1.45. The summed E-state index contributed by atoms with van der Waals surface area (Å²) < 4.78 is 24.1. The molecule has 2 aromatic rings. The summed E-state index contributed by atoms with van der Waals surface area (Å²) in [5.74, 6) is -2.02. The second-order valence-electron chi connectivity index (χ2n) is 9.97. The average molecular weight is 586 g/mol. The quantitative estimate of drug-likeness (QED) is 0.355. The van der Waals surface area contributed by atoms with E-state index in [1.165, 1.54) is 34.1 Å². The molecule has 226 valence electrons. The monoisotopic (exact) mass is 585 g/mol. The molecule has 13 heteroatoms. The van der Waals surface area contributed by atoms with Gasteiger partial charge in [-0.15, -0.1) is 0 Å². The van der Waals surface area contributed by atoms with Crippen LogP contribution < -0.4 is 16.0 Å². The minimum atomic E-state index is -0.847. The molecule has 4 N–H and O–H groups in total. The van der Waals surface area contributed by atoms with Crippen molar-refractivity contribution in [3.8, 4) is 5.75 Å². The van der Waals surface area contributed by atoms with Gasteiger partial charge in [-0.05, 0) is 36.8 Å². The van der Waals surface area contributed by atoms with Crippen molar-refractivity contribution >= 4 is 23.6 Å². The molecule has 0 aliphatic carbocycles. The van der Waals surface area contributed by atoms with Crippen molar-refractivity contribution in [2.45, 2.75) is 25.0 Å². The fourth-order valence-electron chi connectivity index (χ4n) is 4.89. The number of ether oxygens (including phenoxy) is 2. The smallest absolute Gasteiger partial charge is 0.251 e. The minimum absolute atomic E-state index is 0.0109. The number of benzene rings is 2. The number of amides is 4. The molecule has 2 saturated heterocycles. The lowest BCUT2D eigenvalue weighted by Crippen LogP contribution is -2.56. The molecule has 0 saturated carbocycles. The van der Waals surface area contributed by atoms with Crippen molar-refractivity contribution in [3.05, 3.63) is 65.5 Å². The van der Waals surface area contributed by atoms with Gasteiger partial charge in [0.05, 0.1) is 26.4 Å². The van der Waals surface area contributed by atoms with Gasteiger partial charge in [-0.1, -0.05) is 18.2 Å². The van der Waals surface area contributed by atoms with E-state index < -0.39 is 35.6 Å². The molecule has 4 amide bonds. The highest BCUT2D eigenvalue weighted by atomic mass is 19.1. The molecule has 12 nitrogen and oxygen atoms in total. The first kappa shape index (κ1) is 30.9. The van der Waals surface area contributed by atoms with Crippen molar-refractivity contribution < 1.29 is 38.1 Å². The van der Waals surface area contributed by atoms with Crippen LogP contribution in [0.15, 0.2) is 48.5 Å². The number of phenols is 1. The molecule has 0 spiro atoms. The van der Waals surface area contributed by atoms with E-state index in [1.54, 1.807) is 24.3 Å². The highest BCUT2D eigenvalue weighted by Gasteiger charge is 2.42. The summed E-state index contributed by atoms with van der Waals surface area (Å²) in [6, 6.07) is 10.7. The number of halogens is 1. The van der Waals surface area contributed by atoms with Gasteiger partial charge >= 0.3 is 0 Å². The second kappa shape index (κ2) is 15.2. The minimum Gasteiger partial charge on any atom is -0.508 e. The van der Waals surface area contributed by atoms with Gasteiger partial charge in [0.15, 0.2) is 0 Å². The van der Waals surface area contributed by atoms with Crippen LogP contribution in [-0.4, -0.2) is 110 Å². The Kier molecular flexibility index (Phi) is 11.2. The maximum absolute atomic E-state index is 13.6. The Morgan fingerprint density at radius 1 is 1.02 bits per heavy atom. The van der Waals surface area contributed by atoms with E-state index in [0.29, 0.717) is 18.5 Å². The van der Waals surface area contributed by atoms with Gasteiger partial charge < -0.3 is 40.3 Å². The molecule has 2 atom stereocenters. The molecular formula is C29H36FN5O7. The molecule has 0 unspecified atom stereocenters. The number of carbonyl (C=O) groups excluding carboxylic acids is 4. The molecule has 2 fully saturated rings. The van der Waals surface area contributed by atoms with Crippen LogP contribution >= 0.6 is 0 Å². The van der Waals surface area contributed by atoms with Gasteiger partial charge in [0.2, 0.25) is 17.7 Å². The fraction of sp³-hybridized carbons (Fsp3) is 0.448. The predicted octanol–water partition coefficient (Wildman–Crippen LogP) is 0.0120. The zero-order valence-corrected chi connectivity index (χ0v) is 23.2. The molecule has 0 radical (unpaired) electrons. The Morgan fingerprint density at radius 2 is 1.79 bits per heavy atom. The fourth-order valence-corrected chi connectivity index (χ4v) is 4.89. The summed E-state index contributed by atoms with van der Waals surface area (Å²) in [5.41, 5.74) is 0.917. The van der Waals surface area contributed by atoms with Gasteiger partial charge in [-0.25, -0.2) is 4.39 Å². The third-order valence-corrected chi connectivity index (χ3v) is 7.13. The van der Waals surface area contributed by atoms with Crippen molar-refractivity contribution in [3.63, 3.8) is 0 Å². The molecule has 42 heavy (non-hydrogen) atoms. The van der Waals surface area contributed by atoms with Crippen LogP contribution in [0.3, 0.4) is 0 Å². The number of nitrogens with zero attached hydrogens (tertiary/aromatic N) is 2. The second-order valence-corrected chi connectivity index (χ2v) is 9.97. The molecule has 2 aliphatic heterocycles. The van der Waals surface area contributed by atoms with Crippen LogP contribution in [-0.2, 0) is 30.4 Å². The number of carbonyl (C=O) groups is 4. The number of hydrogen-bond donors (Lipinski definition) is 4. The van der Waals surface area contributed by atoms with Crippen molar-refractivity contribution in [1.29, 1.82) is 0 Å². The summed E-state index contributed by atoms with van der Waals surface area (Å²) >= 11 is 0. The number of para-hydroxylation sites is 1. The molecule has 0 aromatic heterocycles. The molecule has 4 rings (SSSR count). The highest BCUT2D eigenvalue weighted by molar-refractivity contribution is 5.94. The SMILES string of the molecule is O=C(NCCN1CC(=O)N2CC[C@@H](NCc3ccccc3O)[C@H]2C(=O)NCCOCCOCC1=O)c1ccc(F)cc1. The van der Waals surface area contributed by atoms with Crippen LogP contribution in [0.1, 0.15) is 22.3 Å². The van der Waals surface area contributed by atoms with Gasteiger partial charge in [0.1, 0.15) is 24.2 Å². The lowest BCUT2D eigenvalue weighted by atomic mass is 10.1. The Morgan fingerprint density at radius 3 is 2.57 bits per heavy atom. The first-order chi connectivity index (χ1) is 20.3. The maximum atomic E-state index is 13.6. The Bertz CT molecular complexity index is 1250. The summed E-state index contributed by atoms with van der Waals surface area (Å²) in [4.78, 5) is 55.0. The zero-order valence-electron chi connectivity index (χ0n) is 23.2. The van der Waals surface area contributed by atoms with E-state index in [4.69, 9.17) is 9.47 Å². The number of aromatic hydroxyl groups is 1. The predicted molar refractivity (Wildman–Crippen MR) is 149 cm³/mol. The van der Waals surface area contributed by atoms with Gasteiger partial charge in [0, 0.05) is 49.9 Å². The van der Waals surface area contributed by atoms with E-state index in [2.05, 4.69) is 16.0 Å². The van der Waals surface area contributed by atoms with E-state index in [-0.39, 0.29) is 76.4 Å². The van der Waals surface area contributed by atoms with Crippen LogP contribution in [0.4, 0.5) is 4.39 Å². The summed E-state index contributed by atoms with van der Waals surface area (Å²) in [7, 11) is 0. The zero-order chi connectivity index (χ0) is 29.9. The number of nitrogens with one attached hydrogen (secondary N) is 3. The topological polar surface area (TPSA) is 150 Å². The molecule has 2 aromatic carbocycles.